The highest BCUT2D eigenvalue weighted by atomic mass is 19.1. The molecule has 0 saturated carbocycles. The molecule has 0 atom stereocenters. The van der Waals surface area contributed by atoms with Gasteiger partial charge in [0.05, 0.1) is 24.0 Å². The van der Waals surface area contributed by atoms with Gasteiger partial charge in [0.1, 0.15) is 18.1 Å². The first-order valence-corrected chi connectivity index (χ1v) is 11.8. The number of aromatic nitrogens is 5. The maximum atomic E-state index is 13.4. The van der Waals surface area contributed by atoms with Crippen molar-refractivity contribution in [2.24, 2.45) is 0 Å². The predicted molar refractivity (Wildman–Crippen MR) is 137 cm³/mol. The highest BCUT2D eigenvalue weighted by molar-refractivity contribution is 5.91. The van der Waals surface area contributed by atoms with Crippen LogP contribution in [0.3, 0.4) is 0 Å². The molecule has 8 heteroatoms. The molecule has 7 nitrogen and oxygen atoms in total. The largest absolute Gasteiger partial charge is 0.489 e. The average Bonchev–Trinajstić information content (AvgIpc) is 3.25. The summed E-state index contributed by atoms with van der Waals surface area (Å²) in [7, 11) is 4.02. The molecule has 3 heterocycles. The molecule has 0 radical (unpaired) electrons. The third-order valence-corrected chi connectivity index (χ3v) is 5.86. The van der Waals surface area contributed by atoms with Gasteiger partial charge in [0.25, 0.3) is 0 Å². The minimum absolute atomic E-state index is 0.257. The Bertz CT molecular complexity index is 1450. The Morgan fingerprint density at radius 1 is 0.944 bits per heavy atom. The minimum Gasteiger partial charge on any atom is -0.489 e. The fraction of sp³-hybridized carbons (Fsp3) is 0.214. The second-order valence-electron chi connectivity index (χ2n) is 8.84. The van der Waals surface area contributed by atoms with Crippen LogP contribution in [0.2, 0.25) is 0 Å². The molecule has 3 aromatic heterocycles. The SMILES string of the molecule is CN(C)CCOc1cnc(-c2nn(Cc3ccc(F)cc3)c3ccccc23)nc1Cc1ccncc1. The van der Waals surface area contributed by atoms with E-state index in [4.69, 9.17) is 14.8 Å². The molecule has 5 rings (SSSR count). The first kappa shape index (κ1) is 23.6. The zero-order valence-corrected chi connectivity index (χ0v) is 20.3. The Labute approximate surface area is 209 Å². The molecule has 0 aliphatic heterocycles. The van der Waals surface area contributed by atoms with Crippen molar-refractivity contribution in [1.29, 1.82) is 0 Å². The number of benzene rings is 2. The van der Waals surface area contributed by atoms with Crippen LogP contribution < -0.4 is 4.74 Å². The number of para-hydroxylation sites is 1. The molecular formula is C28H27FN6O. The van der Waals surface area contributed by atoms with Gasteiger partial charge in [0, 0.05) is 30.7 Å². The number of rotatable bonds is 9. The number of hydrogen-bond donors (Lipinski definition) is 0. The topological polar surface area (TPSA) is 69.0 Å². The van der Waals surface area contributed by atoms with E-state index < -0.39 is 0 Å². The highest BCUT2D eigenvalue weighted by Gasteiger charge is 2.18. The van der Waals surface area contributed by atoms with Gasteiger partial charge in [-0.15, -0.1) is 0 Å². The van der Waals surface area contributed by atoms with Crippen LogP contribution in [0.5, 0.6) is 5.75 Å². The van der Waals surface area contributed by atoms with Gasteiger partial charge >= 0.3 is 0 Å². The summed E-state index contributed by atoms with van der Waals surface area (Å²) in [4.78, 5) is 15.7. The number of pyridine rings is 1. The van der Waals surface area contributed by atoms with Crippen LogP contribution in [0.1, 0.15) is 16.8 Å². The third-order valence-electron chi connectivity index (χ3n) is 5.86. The number of fused-ring (bicyclic) bond motifs is 1. The zero-order valence-electron chi connectivity index (χ0n) is 20.3. The molecule has 0 amide bonds. The smallest absolute Gasteiger partial charge is 0.181 e. The van der Waals surface area contributed by atoms with Gasteiger partial charge in [-0.05, 0) is 55.6 Å². The molecule has 0 bridgehead atoms. The number of ether oxygens (including phenoxy) is 1. The van der Waals surface area contributed by atoms with Crippen LogP contribution in [0, 0.1) is 5.82 Å². The summed E-state index contributed by atoms with van der Waals surface area (Å²) in [6.07, 6.45) is 5.87. The van der Waals surface area contributed by atoms with Crippen LogP contribution in [0.25, 0.3) is 22.4 Å². The van der Waals surface area contributed by atoms with E-state index in [-0.39, 0.29) is 5.82 Å². The van der Waals surface area contributed by atoms with Crippen molar-refractivity contribution in [3.05, 3.63) is 102 Å². The van der Waals surface area contributed by atoms with Crippen LogP contribution in [-0.2, 0) is 13.0 Å². The molecule has 0 unspecified atom stereocenters. The van der Waals surface area contributed by atoms with E-state index in [0.29, 0.717) is 36.8 Å². The van der Waals surface area contributed by atoms with Crippen molar-refractivity contribution in [2.45, 2.75) is 13.0 Å². The molecule has 2 aromatic carbocycles. The van der Waals surface area contributed by atoms with Crippen LogP contribution in [-0.4, -0.2) is 56.9 Å². The van der Waals surface area contributed by atoms with Crippen molar-refractivity contribution in [1.82, 2.24) is 29.6 Å². The average molecular weight is 483 g/mol. The van der Waals surface area contributed by atoms with Gasteiger partial charge in [-0.25, -0.2) is 14.4 Å². The van der Waals surface area contributed by atoms with Gasteiger partial charge in [-0.2, -0.15) is 5.10 Å². The van der Waals surface area contributed by atoms with Crippen molar-refractivity contribution in [3.63, 3.8) is 0 Å². The lowest BCUT2D eigenvalue weighted by Gasteiger charge is -2.14. The summed E-state index contributed by atoms with van der Waals surface area (Å²) in [6.45, 7) is 1.83. The van der Waals surface area contributed by atoms with E-state index in [2.05, 4.69) is 14.9 Å². The van der Waals surface area contributed by atoms with Crippen LogP contribution in [0.4, 0.5) is 4.39 Å². The first-order valence-electron chi connectivity index (χ1n) is 11.8. The monoisotopic (exact) mass is 482 g/mol. The molecule has 182 valence electrons. The molecule has 0 fully saturated rings. The van der Waals surface area contributed by atoms with Crippen molar-refractivity contribution in [2.75, 3.05) is 27.2 Å². The lowest BCUT2D eigenvalue weighted by molar-refractivity contribution is 0.258. The fourth-order valence-electron chi connectivity index (χ4n) is 3.98. The second-order valence-corrected chi connectivity index (χ2v) is 8.84. The fourth-order valence-corrected chi connectivity index (χ4v) is 3.98. The number of hydrogen-bond acceptors (Lipinski definition) is 6. The quantitative estimate of drug-likeness (QED) is 0.306. The molecule has 0 saturated heterocycles. The van der Waals surface area contributed by atoms with Crippen molar-refractivity contribution >= 4 is 10.9 Å². The lowest BCUT2D eigenvalue weighted by Crippen LogP contribution is -2.20. The summed E-state index contributed by atoms with van der Waals surface area (Å²) in [5, 5.41) is 5.84. The summed E-state index contributed by atoms with van der Waals surface area (Å²) < 4.78 is 21.4. The van der Waals surface area contributed by atoms with Gasteiger partial charge in [-0.3, -0.25) is 9.67 Å². The van der Waals surface area contributed by atoms with E-state index in [1.807, 2.05) is 55.2 Å². The van der Waals surface area contributed by atoms with Crippen LogP contribution >= 0.6 is 0 Å². The Balaban J connectivity index is 1.53. The Kier molecular flexibility index (Phi) is 6.95. The Hall–Kier alpha value is -4.17. The number of likely N-dealkylation sites (N-methyl/N-ethyl adjacent to an activating group) is 1. The molecule has 0 aliphatic carbocycles. The predicted octanol–water partition coefficient (Wildman–Crippen LogP) is 4.61. The summed E-state index contributed by atoms with van der Waals surface area (Å²) in [5.74, 6) is 0.938. The van der Waals surface area contributed by atoms with E-state index in [9.17, 15) is 4.39 Å². The van der Waals surface area contributed by atoms with E-state index in [1.165, 1.54) is 12.1 Å². The molecule has 0 spiro atoms. The Morgan fingerprint density at radius 2 is 1.72 bits per heavy atom. The second kappa shape index (κ2) is 10.6. The maximum Gasteiger partial charge on any atom is 0.181 e. The highest BCUT2D eigenvalue weighted by Crippen LogP contribution is 2.29. The third kappa shape index (κ3) is 5.39. The van der Waals surface area contributed by atoms with Gasteiger partial charge in [0.15, 0.2) is 11.6 Å². The Morgan fingerprint density at radius 3 is 2.50 bits per heavy atom. The summed E-state index contributed by atoms with van der Waals surface area (Å²) in [6, 6.07) is 18.4. The van der Waals surface area contributed by atoms with Crippen molar-refractivity contribution in [3.8, 4) is 17.3 Å². The molecule has 0 aliphatic rings. The zero-order chi connectivity index (χ0) is 24.9. The normalized spacial score (nSPS) is 11.3. The molecule has 36 heavy (non-hydrogen) atoms. The summed E-state index contributed by atoms with van der Waals surface area (Å²) >= 11 is 0. The van der Waals surface area contributed by atoms with E-state index in [0.717, 1.165) is 34.3 Å². The first-order chi connectivity index (χ1) is 17.6. The minimum atomic E-state index is -0.257. The maximum absolute atomic E-state index is 13.4. The van der Waals surface area contributed by atoms with E-state index >= 15 is 0 Å². The van der Waals surface area contributed by atoms with Gasteiger partial charge < -0.3 is 9.64 Å². The standard InChI is InChI=1S/C28H27FN6O/c1-34(2)15-16-36-26-18-31-28(32-24(26)17-20-11-13-30-14-12-20)27-23-5-3-4-6-25(23)35(33-27)19-21-7-9-22(29)10-8-21/h3-14,18H,15-17,19H2,1-2H3. The van der Waals surface area contributed by atoms with Crippen LogP contribution in [0.15, 0.2) is 79.3 Å². The lowest BCUT2D eigenvalue weighted by atomic mass is 10.1. The number of nitrogens with zero attached hydrogens (tertiary/aromatic N) is 6. The molecular weight excluding hydrogens is 455 g/mol. The van der Waals surface area contributed by atoms with Gasteiger partial charge in [0.2, 0.25) is 0 Å². The molecule has 5 aromatic rings. The van der Waals surface area contributed by atoms with Crippen molar-refractivity contribution < 1.29 is 9.13 Å². The van der Waals surface area contributed by atoms with E-state index in [1.54, 1.807) is 30.7 Å². The number of halogens is 1. The van der Waals surface area contributed by atoms with Gasteiger partial charge in [-0.1, -0.05) is 30.3 Å². The summed E-state index contributed by atoms with van der Waals surface area (Å²) in [5.41, 5.74) is 4.49. The molecule has 0 N–H and O–H groups in total.